The van der Waals surface area contributed by atoms with Crippen molar-refractivity contribution < 1.29 is 13.2 Å². The zero-order valence-corrected chi connectivity index (χ0v) is 13.4. The summed E-state index contributed by atoms with van der Waals surface area (Å²) in [6, 6.07) is 11.2. The molecule has 0 heterocycles. The molecule has 0 aromatic heterocycles. The molecule has 0 unspecified atom stereocenters. The quantitative estimate of drug-likeness (QED) is 0.528. The normalized spacial score (nSPS) is 11.6. The van der Waals surface area contributed by atoms with Crippen LogP contribution in [-0.4, -0.2) is 0 Å². The molecule has 0 bridgehead atoms. The van der Waals surface area contributed by atoms with Crippen LogP contribution in [-0.2, 0) is 12.6 Å². The van der Waals surface area contributed by atoms with Crippen LogP contribution in [0.2, 0.25) is 0 Å². The predicted octanol–water partition coefficient (Wildman–Crippen LogP) is 5.66. The molecule has 100 valence electrons. The minimum absolute atomic E-state index is 0.474. The third kappa shape index (κ3) is 3.95. The van der Waals surface area contributed by atoms with Gasteiger partial charge in [-0.05, 0) is 58.3 Å². The van der Waals surface area contributed by atoms with Crippen molar-refractivity contribution in [2.45, 2.75) is 12.6 Å². The molecule has 19 heavy (non-hydrogen) atoms. The van der Waals surface area contributed by atoms with E-state index in [-0.39, 0.29) is 0 Å². The second-order valence-electron chi connectivity index (χ2n) is 4.11. The maximum Gasteiger partial charge on any atom is 0.416 e. The first-order chi connectivity index (χ1) is 8.86. The lowest BCUT2D eigenvalue weighted by molar-refractivity contribution is -0.137. The van der Waals surface area contributed by atoms with E-state index in [4.69, 9.17) is 0 Å². The molecular formula is C14H9BrF3I. The zero-order chi connectivity index (χ0) is 14.0. The van der Waals surface area contributed by atoms with Crippen molar-refractivity contribution in [3.63, 3.8) is 0 Å². The zero-order valence-electron chi connectivity index (χ0n) is 9.64. The summed E-state index contributed by atoms with van der Waals surface area (Å²) in [6.45, 7) is 0. The highest BCUT2D eigenvalue weighted by molar-refractivity contribution is 14.1. The molecule has 0 saturated carbocycles. The second kappa shape index (κ2) is 5.83. The average Bonchev–Trinajstić information content (AvgIpc) is 2.32. The van der Waals surface area contributed by atoms with Gasteiger partial charge >= 0.3 is 6.18 Å². The number of alkyl halides is 3. The van der Waals surface area contributed by atoms with Crippen LogP contribution in [0.3, 0.4) is 0 Å². The van der Waals surface area contributed by atoms with Gasteiger partial charge in [0.2, 0.25) is 0 Å². The Kier molecular flexibility index (Phi) is 4.55. The van der Waals surface area contributed by atoms with Crippen LogP contribution in [0.1, 0.15) is 16.7 Å². The monoisotopic (exact) mass is 440 g/mol. The summed E-state index contributed by atoms with van der Waals surface area (Å²) in [5.74, 6) is 0. The fourth-order valence-electron chi connectivity index (χ4n) is 1.74. The lowest BCUT2D eigenvalue weighted by Gasteiger charge is -2.10. The van der Waals surface area contributed by atoms with Crippen LogP contribution >= 0.6 is 38.5 Å². The predicted molar refractivity (Wildman–Crippen MR) is 81.1 cm³/mol. The van der Waals surface area contributed by atoms with Gasteiger partial charge < -0.3 is 0 Å². The topological polar surface area (TPSA) is 0 Å². The van der Waals surface area contributed by atoms with Crippen LogP contribution in [0.25, 0.3) is 0 Å². The van der Waals surface area contributed by atoms with Crippen molar-refractivity contribution >= 4 is 38.5 Å². The van der Waals surface area contributed by atoms with Gasteiger partial charge in [-0.2, -0.15) is 13.2 Å². The van der Waals surface area contributed by atoms with Crippen molar-refractivity contribution in [2.24, 2.45) is 0 Å². The summed E-state index contributed by atoms with van der Waals surface area (Å²) < 4.78 is 39.9. The molecule has 0 amide bonds. The van der Waals surface area contributed by atoms with E-state index in [0.29, 0.717) is 12.0 Å². The van der Waals surface area contributed by atoms with Crippen molar-refractivity contribution in [3.05, 3.63) is 67.2 Å². The molecule has 2 aromatic rings. The molecule has 0 saturated heterocycles. The molecular weight excluding hydrogens is 432 g/mol. The molecule has 2 rings (SSSR count). The van der Waals surface area contributed by atoms with Crippen molar-refractivity contribution in [2.75, 3.05) is 0 Å². The largest absolute Gasteiger partial charge is 0.416 e. The number of benzene rings is 2. The van der Waals surface area contributed by atoms with E-state index in [2.05, 4.69) is 38.5 Å². The summed E-state index contributed by atoms with van der Waals surface area (Å²) in [4.78, 5) is 0. The number of hydrogen-bond donors (Lipinski definition) is 0. The fraction of sp³-hybridized carbons (Fsp3) is 0.143. The van der Waals surface area contributed by atoms with Gasteiger partial charge in [-0.15, -0.1) is 0 Å². The van der Waals surface area contributed by atoms with Crippen LogP contribution in [0.4, 0.5) is 13.2 Å². The first kappa shape index (κ1) is 14.8. The van der Waals surface area contributed by atoms with Crippen molar-refractivity contribution in [3.8, 4) is 0 Å². The van der Waals surface area contributed by atoms with E-state index in [1.165, 1.54) is 12.1 Å². The summed E-state index contributed by atoms with van der Waals surface area (Å²) in [7, 11) is 0. The Morgan fingerprint density at radius 3 is 2.42 bits per heavy atom. The second-order valence-corrected chi connectivity index (χ2v) is 6.21. The number of hydrogen-bond acceptors (Lipinski definition) is 0. The SMILES string of the molecule is FC(F)(F)c1cccc(Cc2ccc(I)cc2Br)c1. The third-order valence-electron chi connectivity index (χ3n) is 2.66. The van der Waals surface area contributed by atoms with Gasteiger partial charge in [0, 0.05) is 8.04 Å². The fourth-order valence-corrected chi connectivity index (χ4v) is 3.18. The maximum absolute atomic E-state index is 12.6. The molecule has 0 aliphatic rings. The molecule has 0 aliphatic carbocycles. The average molecular weight is 441 g/mol. The third-order valence-corrected chi connectivity index (χ3v) is 4.07. The van der Waals surface area contributed by atoms with E-state index >= 15 is 0 Å². The Balaban J connectivity index is 2.29. The molecule has 0 atom stereocenters. The molecule has 0 nitrogen and oxygen atoms in total. The van der Waals surface area contributed by atoms with Crippen LogP contribution in [0, 0.1) is 3.57 Å². The van der Waals surface area contributed by atoms with Gasteiger partial charge in [0.15, 0.2) is 0 Å². The summed E-state index contributed by atoms with van der Waals surface area (Å²) >= 11 is 5.63. The van der Waals surface area contributed by atoms with Gasteiger partial charge in [-0.25, -0.2) is 0 Å². The minimum Gasteiger partial charge on any atom is -0.166 e. The molecule has 0 spiro atoms. The number of halogens is 5. The highest BCUT2D eigenvalue weighted by Crippen LogP contribution is 2.30. The van der Waals surface area contributed by atoms with E-state index < -0.39 is 11.7 Å². The smallest absolute Gasteiger partial charge is 0.166 e. The van der Waals surface area contributed by atoms with Gasteiger partial charge in [0.25, 0.3) is 0 Å². The van der Waals surface area contributed by atoms with Gasteiger partial charge in [0.1, 0.15) is 0 Å². The van der Waals surface area contributed by atoms with E-state index in [1.807, 2.05) is 18.2 Å². The molecule has 2 aromatic carbocycles. The lowest BCUT2D eigenvalue weighted by Crippen LogP contribution is -2.05. The van der Waals surface area contributed by atoms with Crippen molar-refractivity contribution in [1.29, 1.82) is 0 Å². The van der Waals surface area contributed by atoms with Gasteiger partial charge in [0.05, 0.1) is 5.56 Å². The van der Waals surface area contributed by atoms with Crippen LogP contribution < -0.4 is 0 Å². The summed E-state index contributed by atoms with van der Waals surface area (Å²) in [6.07, 6.45) is -3.82. The molecule has 0 aliphatic heterocycles. The highest BCUT2D eigenvalue weighted by atomic mass is 127. The minimum atomic E-state index is -4.29. The van der Waals surface area contributed by atoms with Crippen molar-refractivity contribution in [1.82, 2.24) is 0 Å². The Labute approximate surface area is 131 Å². The van der Waals surface area contributed by atoms with Gasteiger partial charge in [-0.1, -0.05) is 40.2 Å². The standard InChI is InChI=1S/C14H9BrF3I/c15-13-8-12(19)5-4-10(13)6-9-2-1-3-11(7-9)14(16,17)18/h1-5,7-8H,6H2. The van der Waals surface area contributed by atoms with E-state index in [0.717, 1.165) is 19.7 Å². The van der Waals surface area contributed by atoms with Crippen LogP contribution in [0.15, 0.2) is 46.9 Å². The molecule has 0 radical (unpaired) electrons. The van der Waals surface area contributed by atoms with E-state index in [1.54, 1.807) is 6.07 Å². The maximum atomic E-state index is 12.6. The summed E-state index contributed by atoms with van der Waals surface area (Å²) in [5.41, 5.74) is 1.02. The summed E-state index contributed by atoms with van der Waals surface area (Å²) in [5, 5.41) is 0. The molecule has 0 N–H and O–H groups in total. The van der Waals surface area contributed by atoms with Crippen LogP contribution in [0.5, 0.6) is 0 Å². The highest BCUT2D eigenvalue weighted by Gasteiger charge is 2.30. The van der Waals surface area contributed by atoms with E-state index in [9.17, 15) is 13.2 Å². The Hall–Kier alpha value is -0.560. The van der Waals surface area contributed by atoms with Gasteiger partial charge in [-0.3, -0.25) is 0 Å². The first-order valence-electron chi connectivity index (χ1n) is 5.46. The Bertz CT molecular complexity index is 593. The Morgan fingerprint density at radius 2 is 1.79 bits per heavy atom. The number of rotatable bonds is 2. The molecule has 5 heteroatoms. The molecule has 0 fully saturated rings. The Morgan fingerprint density at radius 1 is 1.05 bits per heavy atom. The lowest BCUT2D eigenvalue weighted by atomic mass is 10.0. The first-order valence-corrected chi connectivity index (χ1v) is 7.33.